The van der Waals surface area contributed by atoms with Crippen LogP contribution in [-0.2, 0) is 14.3 Å². The van der Waals surface area contributed by atoms with E-state index in [1.807, 2.05) is 0 Å². The molecule has 0 aromatic rings. The van der Waals surface area contributed by atoms with Gasteiger partial charge in [0.2, 0.25) is 0 Å². The lowest BCUT2D eigenvalue weighted by Crippen LogP contribution is -2.50. The number of fused-ring (bicyclic) bond motifs is 9. The summed E-state index contributed by atoms with van der Waals surface area (Å²) >= 11 is 0. The number of carbonyl (C=O) groups is 2. The fraction of sp³-hybridized carbons (Fsp3) is 0.913. The minimum Gasteiger partial charge on any atom is -0.481 e. The molecular weight excluding hydrogens is 356 g/mol. The van der Waals surface area contributed by atoms with E-state index in [0.29, 0.717) is 29.6 Å². The Morgan fingerprint density at radius 1 is 0.893 bits per heavy atom. The summed E-state index contributed by atoms with van der Waals surface area (Å²) in [6.45, 7) is 4.57. The average Bonchev–Trinajstić information content (AvgIpc) is 3.40. The zero-order valence-corrected chi connectivity index (χ0v) is 17.0. The van der Waals surface area contributed by atoms with E-state index in [2.05, 4.69) is 6.92 Å². The predicted molar refractivity (Wildman–Crippen MR) is 102 cm³/mol. The maximum absolute atomic E-state index is 12.4. The minimum absolute atomic E-state index is 0.00310. The Morgan fingerprint density at radius 2 is 1.57 bits per heavy atom. The zero-order chi connectivity index (χ0) is 19.7. The van der Waals surface area contributed by atoms with Gasteiger partial charge in [0.15, 0.2) is 0 Å². The molecule has 1 saturated heterocycles. The molecule has 1 heterocycles. The van der Waals surface area contributed by atoms with Gasteiger partial charge < -0.3 is 14.9 Å². The van der Waals surface area contributed by atoms with Gasteiger partial charge in [0.05, 0.1) is 17.9 Å². The van der Waals surface area contributed by atoms with Gasteiger partial charge in [-0.1, -0.05) is 6.92 Å². The summed E-state index contributed by atoms with van der Waals surface area (Å²) in [6, 6.07) is 0. The minimum atomic E-state index is -0.966. The quantitative estimate of drug-likeness (QED) is 0.698. The summed E-state index contributed by atoms with van der Waals surface area (Å²) in [6.07, 6.45) is 7.44. The Morgan fingerprint density at radius 3 is 2.18 bits per heavy atom. The molecule has 5 heteroatoms. The molecule has 5 nitrogen and oxygen atoms in total. The van der Waals surface area contributed by atoms with E-state index in [0.717, 1.165) is 43.6 Å². The lowest BCUT2D eigenvalue weighted by atomic mass is 9.55. The molecular formula is C23H34O5. The van der Waals surface area contributed by atoms with Gasteiger partial charge in [-0.3, -0.25) is 9.59 Å². The third kappa shape index (κ3) is 2.54. The SMILES string of the molecule is CC1OCCCC1C1C2CC(C3C4CCC(C4)C23)C1C(C(=O)O)C(C)C(=O)O. The van der Waals surface area contributed by atoms with Crippen LogP contribution in [0.3, 0.4) is 0 Å². The molecule has 0 radical (unpaired) electrons. The molecule has 5 aliphatic rings. The first kappa shape index (κ1) is 18.9. The van der Waals surface area contributed by atoms with Gasteiger partial charge >= 0.3 is 11.9 Å². The smallest absolute Gasteiger partial charge is 0.307 e. The van der Waals surface area contributed by atoms with Crippen molar-refractivity contribution in [3.05, 3.63) is 0 Å². The number of carboxylic acid groups (broad SMARTS) is 2. The normalized spacial score (nSPS) is 51.1. The molecule has 0 spiro atoms. The summed E-state index contributed by atoms with van der Waals surface area (Å²) in [7, 11) is 0. The van der Waals surface area contributed by atoms with E-state index in [-0.39, 0.29) is 12.0 Å². The van der Waals surface area contributed by atoms with Crippen molar-refractivity contribution in [2.24, 2.45) is 65.1 Å². The molecule has 12 atom stereocenters. The summed E-state index contributed by atoms with van der Waals surface area (Å²) < 4.78 is 6.02. The second-order valence-electron chi connectivity index (χ2n) is 10.6. The van der Waals surface area contributed by atoms with Crippen LogP contribution < -0.4 is 0 Å². The van der Waals surface area contributed by atoms with Gasteiger partial charge in [-0.2, -0.15) is 0 Å². The number of aliphatic carboxylic acids is 2. The molecule has 5 fully saturated rings. The number of ether oxygens (including phenoxy) is 1. The summed E-state index contributed by atoms with van der Waals surface area (Å²) in [5.41, 5.74) is 0. The van der Waals surface area contributed by atoms with Crippen molar-refractivity contribution in [3.8, 4) is 0 Å². The van der Waals surface area contributed by atoms with Gasteiger partial charge in [0.25, 0.3) is 0 Å². The highest BCUT2D eigenvalue weighted by Crippen LogP contribution is 2.73. The van der Waals surface area contributed by atoms with Gasteiger partial charge in [-0.05, 0) is 98.7 Å². The van der Waals surface area contributed by atoms with E-state index >= 15 is 0 Å². The zero-order valence-electron chi connectivity index (χ0n) is 17.0. The number of hydrogen-bond donors (Lipinski definition) is 2. The van der Waals surface area contributed by atoms with Gasteiger partial charge in [0, 0.05) is 6.61 Å². The van der Waals surface area contributed by atoms with Crippen molar-refractivity contribution in [1.82, 2.24) is 0 Å². The Kier molecular flexibility index (Phi) is 4.53. The molecule has 5 rings (SSSR count). The lowest BCUT2D eigenvalue weighted by Gasteiger charge is -2.50. The number of hydrogen-bond acceptors (Lipinski definition) is 3. The maximum Gasteiger partial charge on any atom is 0.307 e. The fourth-order valence-corrected chi connectivity index (χ4v) is 9.10. The molecule has 28 heavy (non-hydrogen) atoms. The second-order valence-corrected chi connectivity index (χ2v) is 10.6. The summed E-state index contributed by atoms with van der Waals surface area (Å²) in [5, 5.41) is 19.8. The van der Waals surface area contributed by atoms with Crippen molar-refractivity contribution in [2.45, 2.75) is 58.5 Å². The monoisotopic (exact) mass is 390 g/mol. The van der Waals surface area contributed by atoms with Crippen LogP contribution in [0.15, 0.2) is 0 Å². The van der Waals surface area contributed by atoms with Crippen molar-refractivity contribution >= 4 is 11.9 Å². The van der Waals surface area contributed by atoms with Crippen LogP contribution in [-0.4, -0.2) is 34.9 Å². The molecule has 0 aromatic carbocycles. The summed E-state index contributed by atoms with van der Waals surface area (Å²) in [5.74, 6) is 1.28. The van der Waals surface area contributed by atoms with E-state index in [9.17, 15) is 19.8 Å². The first-order chi connectivity index (χ1) is 13.4. The average molecular weight is 391 g/mol. The van der Waals surface area contributed by atoms with Gasteiger partial charge in [-0.25, -0.2) is 0 Å². The molecule has 4 saturated carbocycles. The Bertz CT molecular complexity index is 661. The molecule has 0 amide bonds. The van der Waals surface area contributed by atoms with Gasteiger partial charge in [0.1, 0.15) is 0 Å². The lowest BCUT2D eigenvalue weighted by molar-refractivity contribution is -0.161. The Labute approximate surface area is 167 Å². The Balaban J connectivity index is 1.54. The first-order valence-corrected chi connectivity index (χ1v) is 11.5. The van der Waals surface area contributed by atoms with Crippen molar-refractivity contribution in [3.63, 3.8) is 0 Å². The van der Waals surface area contributed by atoms with Crippen LogP contribution in [0.25, 0.3) is 0 Å². The van der Waals surface area contributed by atoms with E-state index in [1.165, 1.54) is 19.3 Å². The highest BCUT2D eigenvalue weighted by atomic mass is 16.5. The largest absolute Gasteiger partial charge is 0.481 e. The molecule has 0 aromatic heterocycles. The second kappa shape index (κ2) is 6.72. The van der Waals surface area contributed by atoms with Crippen molar-refractivity contribution in [1.29, 1.82) is 0 Å². The van der Waals surface area contributed by atoms with E-state index in [4.69, 9.17) is 4.74 Å². The van der Waals surface area contributed by atoms with Gasteiger partial charge in [-0.15, -0.1) is 0 Å². The van der Waals surface area contributed by atoms with Crippen LogP contribution in [0, 0.1) is 65.1 Å². The molecule has 12 unspecified atom stereocenters. The van der Waals surface area contributed by atoms with Crippen LogP contribution in [0.1, 0.15) is 52.4 Å². The third-order valence-electron chi connectivity index (χ3n) is 9.80. The number of carboxylic acids is 2. The topological polar surface area (TPSA) is 83.8 Å². The van der Waals surface area contributed by atoms with E-state index in [1.54, 1.807) is 6.92 Å². The van der Waals surface area contributed by atoms with Crippen molar-refractivity contribution in [2.75, 3.05) is 6.61 Å². The van der Waals surface area contributed by atoms with Crippen LogP contribution in [0.2, 0.25) is 0 Å². The van der Waals surface area contributed by atoms with Crippen LogP contribution >= 0.6 is 0 Å². The van der Waals surface area contributed by atoms with E-state index < -0.39 is 23.8 Å². The molecule has 1 aliphatic heterocycles. The predicted octanol–water partition coefficient (Wildman–Crippen LogP) is 3.77. The molecule has 156 valence electrons. The Hall–Kier alpha value is -1.10. The molecule has 4 aliphatic carbocycles. The number of rotatable bonds is 5. The first-order valence-electron chi connectivity index (χ1n) is 11.5. The fourth-order valence-electron chi connectivity index (χ4n) is 9.10. The molecule has 4 bridgehead atoms. The van der Waals surface area contributed by atoms with Crippen LogP contribution in [0.4, 0.5) is 0 Å². The summed E-state index contributed by atoms with van der Waals surface area (Å²) in [4.78, 5) is 24.2. The maximum atomic E-state index is 12.4. The highest BCUT2D eigenvalue weighted by molar-refractivity contribution is 5.80. The van der Waals surface area contributed by atoms with Crippen molar-refractivity contribution < 1.29 is 24.5 Å². The van der Waals surface area contributed by atoms with Crippen LogP contribution in [0.5, 0.6) is 0 Å². The third-order valence-corrected chi connectivity index (χ3v) is 9.80. The molecule has 2 N–H and O–H groups in total. The highest BCUT2D eigenvalue weighted by Gasteiger charge is 2.68. The standard InChI is InChI=1S/C23H34O5/c1-10(22(24)25)17(23(26)27)21-16-9-15(18-12-5-6-13(8-12)19(16)18)20(21)14-4-3-7-28-11(14)2/h10-21H,3-9H2,1-2H3,(H,24,25)(H,26,27).